The second-order valence-corrected chi connectivity index (χ2v) is 7.66. The van der Waals surface area contributed by atoms with Crippen molar-refractivity contribution in [3.05, 3.63) is 24.3 Å². The van der Waals surface area contributed by atoms with Crippen LogP contribution >= 0.6 is 0 Å². The Kier molecular flexibility index (Phi) is 7.35. The van der Waals surface area contributed by atoms with Gasteiger partial charge in [-0.1, -0.05) is 25.0 Å². The van der Waals surface area contributed by atoms with Gasteiger partial charge in [0.25, 0.3) is 5.91 Å². The van der Waals surface area contributed by atoms with Gasteiger partial charge in [-0.2, -0.15) is 0 Å². The molecule has 0 saturated carbocycles. The summed E-state index contributed by atoms with van der Waals surface area (Å²) in [4.78, 5) is 17.0. The summed E-state index contributed by atoms with van der Waals surface area (Å²) >= 11 is 0. The molecule has 0 spiro atoms. The summed E-state index contributed by atoms with van der Waals surface area (Å²) in [6.45, 7) is 4.70. The molecule has 2 aliphatic heterocycles. The first kappa shape index (κ1) is 20.0. The molecule has 0 radical (unpaired) electrons. The lowest BCUT2D eigenvalue weighted by molar-refractivity contribution is -0.132. The SMILES string of the molecule is COc1ccccc1OCC(=O)N1C[C@@H](CN2CCCCCC2)[C@@H](CO)C1. The molecule has 3 rings (SSSR count). The fourth-order valence-corrected chi connectivity index (χ4v) is 4.18. The molecule has 2 atom stereocenters. The number of carbonyl (C=O) groups excluding carboxylic acids is 1. The number of hydrogen-bond donors (Lipinski definition) is 1. The Morgan fingerprint density at radius 3 is 2.41 bits per heavy atom. The quantitative estimate of drug-likeness (QED) is 0.789. The normalized spacial score (nSPS) is 23.9. The highest BCUT2D eigenvalue weighted by Crippen LogP contribution is 2.27. The fourth-order valence-electron chi connectivity index (χ4n) is 4.18. The van der Waals surface area contributed by atoms with Gasteiger partial charge in [-0.05, 0) is 44.0 Å². The second-order valence-electron chi connectivity index (χ2n) is 7.66. The summed E-state index contributed by atoms with van der Waals surface area (Å²) < 4.78 is 10.9. The smallest absolute Gasteiger partial charge is 0.260 e. The van der Waals surface area contributed by atoms with Gasteiger partial charge >= 0.3 is 0 Å². The van der Waals surface area contributed by atoms with Crippen LogP contribution in [0.25, 0.3) is 0 Å². The number of aliphatic hydroxyl groups excluding tert-OH is 1. The maximum atomic E-state index is 12.6. The van der Waals surface area contributed by atoms with Gasteiger partial charge in [-0.15, -0.1) is 0 Å². The van der Waals surface area contributed by atoms with Crippen molar-refractivity contribution in [1.82, 2.24) is 9.80 Å². The van der Waals surface area contributed by atoms with Gasteiger partial charge in [0.15, 0.2) is 18.1 Å². The van der Waals surface area contributed by atoms with Crippen molar-refractivity contribution in [1.29, 1.82) is 0 Å². The van der Waals surface area contributed by atoms with Gasteiger partial charge < -0.3 is 24.4 Å². The lowest BCUT2D eigenvalue weighted by atomic mass is 9.96. The maximum Gasteiger partial charge on any atom is 0.260 e. The number of ether oxygens (including phenoxy) is 2. The standard InChI is InChI=1S/C21H32N2O4/c1-26-19-8-4-5-9-20(19)27-16-21(25)23-13-17(18(14-23)15-24)12-22-10-6-2-3-7-11-22/h4-5,8-9,17-18,24H,2-3,6-7,10-16H2,1H3/t17-,18-/m1/s1. The number of rotatable bonds is 7. The van der Waals surface area contributed by atoms with E-state index in [1.54, 1.807) is 13.2 Å². The van der Waals surface area contributed by atoms with Gasteiger partial charge in [0, 0.05) is 32.2 Å². The fraction of sp³-hybridized carbons (Fsp3) is 0.667. The summed E-state index contributed by atoms with van der Waals surface area (Å²) in [5, 5.41) is 9.79. The van der Waals surface area contributed by atoms with E-state index in [2.05, 4.69) is 4.90 Å². The van der Waals surface area contributed by atoms with Crippen LogP contribution in [-0.4, -0.2) is 73.9 Å². The van der Waals surface area contributed by atoms with Gasteiger partial charge in [0.1, 0.15) is 0 Å². The van der Waals surface area contributed by atoms with Gasteiger partial charge in [0.05, 0.1) is 7.11 Å². The predicted molar refractivity (Wildman–Crippen MR) is 104 cm³/mol. The Morgan fingerprint density at radius 1 is 1.07 bits per heavy atom. The molecule has 1 amide bonds. The zero-order valence-electron chi connectivity index (χ0n) is 16.3. The Hall–Kier alpha value is -1.79. The summed E-state index contributed by atoms with van der Waals surface area (Å²) in [6.07, 6.45) is 5.14. The zero-order valence-corrected chi connectivity index (χ0v) is 16.3. The second kappa shape index (κ2) is 9.95. The average molecular weight is 376 g/mol. The molecule has 1 aromatic carbocycles. The maximum absolute atomic E-state index is 12.6. The van der Waals surface area contributed by atoms with Crippen LogP contribution in [0.3, 0.4) is 0 Å². The van der Waals surface area contributed by atoms with E-state index in [-0.39, 0.29) is 25.0 Å². The van der Waals surface area contributed by atoms with Crippen LogP contribution < -0.4 is 9.47 Å². The lowest BCUT2D eigenvalue weighted by Crippen LogP contribution is -2.36. The molecule has 1 aromatic rings. The molecule has 0 aromatic heterocycles. The van der Waals surface area contributed by atoms with Crippen molar-refractivity contribution < 1.29 is 19.4 Å². The van der Waals surface area contributed by atoms with Crippen LogP contribution in [-0.2, 0) is 4.79 Å². The third kappa shape index (κ3) is 5.36. The first-order valence-corrected chi connectivity index (χ1v) is 10.1. The van der Waals surface area contributed by atoms with Crippen LogP contribution in [0.15, 0.2) is 24.3 Å². The number of likely N-dealkylation sites (tertiary alicyclic amines) is 2. The van der Waals surface area contributed by atoms with Crippen molar-refractivity contribution in [2.45, 2.75) is 25.7 Å². The molecule has 0 bridgehead atoms. The van der Waals surface area contributed by atoms with E-state index in [9.17, 15) is 9.90 Å². The Bertz CT molecular complexity index is 602. The lowest BCUT2D eigenvalue weighted by Gasteiger charge is -2.26. The average Bonchev–Trinajstić information content (AvgIpc) is 2.93. The number of benzene rings is 1. The predicted octanol–water partition coefficient (Wildman–Crippen LogP) is 2.02. The Morgan fingerprint density at radius 2 is 1.74 bits per heavy atom. The van der Waals surface area contributed by atoms with E-state index in [1.807, 2.05) is 23.1 Å². The molecule has 2 heterocycles. The van der Waals surface area contributed by atoms with Crippen LogP contribution in [0.5, 0.6) is 11.5 Å². The first-order chi connectivity index (χ1) is 13.2. The number of para-hydroxylation sites is 2. The van der Waals surface area contributed by atoms with Gasteiger partial charge in [-0.3, -0.25) is 4.79 Å². The molecular weight excluding hydrogens is 344 g/mol. The van der Waals surface area contributed by atoms with Crippen LogP contribution in [0.4, 0.5) is 0 Å². The zero-order chi connectivity index (χ0) is 19.1. The van der Waals surface area contributed by atoms with Crippen LogP contribution in [0.1, 0.15) is 25.7 Å². The molecule has 150 valence electrons. The molecular formula is C21H32N2O4. The Labute approximate surface area is 162 Å². The van der Waals surface area contributed by atoms with E-state index >= 15 is 0 Å². The highest BCUT2D eigenvalue weighted by Gasteiger charge is 2.35. The van der Waals surface area contributed by atoms with Crippen molar-refractivity contribution >= 4 is 5.91 Å². The summed E-state index contributed by atoms with van der Waals surface area (Å²) in [5.74, 6) is 1.66. The third-order valence-corrected chi connectivity index (χ3v) is 5.78. The van der Waals surface area contributed by atoms with E-state index in [4.69, 9.17) is 9.47 Å². The van der Waals surface area contributed by atoms with Crippen molar-refractivity contribution in [2.24, 2.45) is 11.8 Å². The van der Waals surface area contributed by atoms with E-state index in [1.165, 1.54) is 25.7 Å². The van der Waals surface area contributed by atoms with Crippen LogP contribution in [0, 0.1) is 11.8 Å². The monoisotopic (exact) mass is 376 g/mol. The minimum absolute atomic E-state index is 0.00500. The molecule has 27 heavy (non-hydrogen) atoms. The van der Waals surface area contributed by atoms with E-state index in [0.717, 1.165) is 19.6 Å². The summed E-state index contributed by atoms with van der Waals surface area (Å²) in [5.41, 5.74) is 0. The topological polar surface area (TPSA) is 62.2 Å². The molecule has 0 aliphatic carbocycles. The van der Waals surface area contributed by atoms with Crippen molar-refractivity contribution in [3.63, 3.8) is 0 Å². The molecule has 2 fully saturated rings. The largest absolute Gasteiger partial charge is 0.493 e. The highest BCUT2D eigenvalue weighted by molar-refractivity contribution is 5.78. The minimum Gasteiger partial charge on any atom is -0.493 e. The molecule has 6 nitrogen and oxygen atoms in total. The summed E-state index contributed by atoms with van der Waals surface area (Å²) in [6, 6.07) is 7.34. The van der Waals surface area contributed by atoms with Crippen molar-refractivity contribution in [3.8, 4) is 11.5 Å². The van der Waals surface area contributed by atoms with Gasteiger partial charge in [0.2, 0.25) is 0 Å². The van der Waals surface area contributed by atoms with E-state index in [0.29, 0.717) is 30.5 Å². The number of aliphatic hydroxyl groups is 1. The molecule has 1 N–H and O–H groups in total. The van der Waals surface area contributed by atoms with Gasteiger partial charge in [-0.25, -0.2) is 0 Å². The minimum atomic E-state index is -0.0299. The first-order valence-electron chi connectivity index (χ1n) is 10.1. The molecule has 2 saturated heterocycles. The molecule has 2 aliphatic rings. The van der Waals surface area contributed by atoms with E-state index < -0.39 is 0 Å². The number of carbonyl (C=O) groups is 1. The summed E-state index contributed by atoms with van der Waals surface area (Å²) in [7, 11) is 1.59. The van der Waals surface area contributed by atoms with Crippen molar-refractivity contribution in [2.75, 3.05) is 53.0 Å². The Balaban J connectivity index is 1.53. The number of methoxy groups -OCH3 is 1. The number of nitrogens with zero attached hydrogens (tertiary/aromatic N) is 2. The van der Waals surface area contributed by atoms with Crippen LogP contribution in [0.2, 0.25) is 0 Å². The molecule has 0 unspecified atom stereocenters. The molecule has 6 heteroatoms. The highest BCUT2D eigenvalue weighted by atomic mass is 16.5. The third-order valence-electron chi connectivity index (χ3n) is 5.78. The number of amides is 1. The number of hydrogen-bond acceptors (Lipinski definition) is 5.